The number of ether oxygens (including phenoxy) is 4. The Morgan fingerprint density at radius 3 is 2.23 bits per heavy atom. The normalized spacial score (nSPS) is 10.8. The zero-order chi connectivity index (χ0) is 22.1. The van der Waals surface area contributed by atoms with Gasteiger partial charge >= 0.3 is 5.97 Å². The molecule has 0 unspecified atom stereocenters. The lowest BCUT2D eigenvalue weighted by Crippen LogP contribution is -2.32. The highest BCUT2D eigenvalue weighted by atomic mass is 16.5. The number of hydrogen-bond donors (Lipinski definition) is 1. The minimum Gasteiger partial charge on any atom is -0.493 e. The molecule has 0 bridgehead atoms. The van der Waals surface area contributed by atoms with Crippen LogP contribution < -0.4 is 19.5 Å². The molecule has 0 spiro atoms. The van der Waals surface area contributed by atoms with Gasteiger partial charge in [-0.05, 0) is 41.3 Å². The van der Waals surface area contributed by atoms with E-state index in [0.29, 0.717) is 30.2 Å². The first-order chi connectivity index (χ1) is 14.2. The third-order valence-electron chi connectivity index (χ3n) is 4.36. The summed E-state index contributed by atoms with van der Waals surface area (Å²) in [6, 6.07) is 12.5. The van der Waals surface area contributed by atoms with Crippen LogP contribution in [0.2, 0.25) is 0 Å². The van der Waals surface area contributed by atoms with Crippen molar-refractivity contribution in [2.75, 3.05) is 34.0 Å². The van der Waals surface area contributed by atoms with E-state index in [-0.39, 0.29) is 17.9 Å². The molecule has 1 N–H and O–H groups in total. The van der Waals surface area contributed by atoms with Crippen molar-refractivity contribution in [1.82, 2.24) is 5.32 Å². The molecule has 0 aliphatic rings. The maximum absolute atomic E-state index is 12.0. The van der Waals surface area contributed by atoms with Crippen molar-refractivity contribution in [2.24, 2.45) is 0 Å². The average Bonchev–Trinajstić information content (AvgIpc) is 2.74. The number of carbonyl (C=O) groups excluding carboxylic acids is 2. The van der Waals surface area contributed by atoms with Gasteiger partial charge in [-0.2, -0.15) is 0 Å². The Bertz CT molecular complexity index is 855. The quantitative estimate of drug-likeness (QED) is 0.500. The summed E-state index contributed by atoms with van der Waals surface area (Å²) in [5, 5.41) is 2.73. The Hall–Kier alpha value is -3.22. The molecule has 0 aliphatic carbocycles. The van der Waals surface area contributed by atoms with E-state index >= 15 is 0 Å². The van der Waals surface area contributed by atoms with Gasteiger partial charge in [-0.25, -0.2) is 4.79 Å². The third kappa shape index (κ3) is 6.69. The van der Waals surface area contributed by atoms with E-state index < -0.39 is 5.97 Å². The summed E-state index contributed by atoms with van der Waals surface area (Å²) >= 11 is 0. The molecule has 2 aromatic carbocycles. The van der Waals surface area contributed by atoms with Crippen LogP contribution in [0.25, 0.3) is 0 Å². The Labute approximate surface area is 177 Å². The largest absolute Gasteiger partial charge is 0.493 e. The number of rotatable bonds is 9. The van der Waals surface area contributed by atoms with Gasteiger partial charge in [-0.3, -0.25) is 4.79 Å². The summed E-state index contributed by atoms with van der Waals surface area (Å²) in [6.07, 6.45) is 0. The number of amides is 1. The van der Waals surface area contributed by atoms with Crippen molar-refractivity contribution in [1.29, 1.82) is 0 Å². The van der Waals surface area contributed by atoms with Crippen molar-refractivity contribution in [2.45, 2.75) is 26.2 Å². The highest BCUT2D eigenvalue weighted by Crippen LogP contribution is 2.28. The fourth-order valence-corrected chi connectivity index (χ4v) is 2.64. The molecule has 0 radical (unpaired) electrons. The van der Waals surface area contributed by atoms with Crippen molar-refractivity contribution >= 4 is 11.9 Å². The van der Waals surface area contributed by atoms with Crippen LogP contribution >= 0.6 is 0 Å². The van der Waals surface area contributed by atoms with Gasteiger partial charge in [-0.15, -0.1) is 0 Å². The van der Waals surface area contributed by atoms with Crippen LogP contribution in [0.15, 0.2) is 42.5 Å². The number of carbonyl (C=O) groups is 2. The molecule has 0 aromatic heterocycles. The summed E-state index contributed by atoms with van der Waals surface area (Å²) in [6.45, 7) is 6.98. The second kappa shape index (κ2) is 10.5. The van der Waals surface area contributed by atoms with Crippen LogP contribution in [0.3, 0.4) is 0 Å². The molecule has 7 heteroatoms. The van der Waals surface area contributed by atoms with Crippen LogP contribution in [-0.2, 0) is 14.9 Å². The molecule has 2 aromatic rings. The van der Waals surface area contributed by atoms with Crippen LogP contribution in [0.1, 0.15) is 36.7 Å². The Balaban J connectivity index is 1.75. The van der Waals surface area contributed by atoms with Crippen LogP contribution in [-0.4, -0.2) is 45.9 Å². The van der Waals surface area contributed by atoms with Crippen LogP contribution in [0.4, 0.5) is 0 Å². The molecular formula is C23H29NO6. The molecule has 2 rings (SSSR count). The van der Waals surface area contributed by atoms with Gasteiger partial charge in [-0.1, -0.05) is 32.9 Å². The highest BCUT2D eigenvalue weighted by Gasteiger charge is 2.14. The lowest BCUT2D eigenvalue weighted by atomic mass is 9.87. The number of hydrogen-bond acceptors (Lipinski definition) is 6. The van der Waals surface area contributed by atoms with Crippen LogP contribution in [0, 0.1) is 0 Å². The molecule has 0 atom stereocenters. The second-order valence-corrected chi connectivity index (χ2v) is 7.62. The minimum absolute atomic E-state index is 0.0921. The molecular weight excluding hydrogens is 386 g/mol. The molecule has 7 nitrogen and oxygen atoms in total. The van der Waals surface area contributed by atoms with E-state index in [1.807, 2.05) is 24.3 Å². The summed E-state index contributed by atoms with van der Waals surface area (Å²) in [5.74, 6) is 0.679. The molecule has 30 heavy (non-hydrogen) atoms. The zero-order valence-corrected chi connectivity index (χ0v) is 18.1. The van der Waals surface area contributed by atoms with Gasteiger partial charge in [0, 0.05) is 0 Å². The van der Waals surface area contributed by atoms with Gasteiger partial charge < -0.3 is 24.3 Å². The van der Waals surface area contributed by atoms with E-state index in [1.165, 1.54) is 25.8 Å². The number of esters is 1. The first-order valence-electron chi connectivity index (χ1n) is 9.64. The summed E-state index contributed by atoms with van der Waals surface area (Å²) in [5.41, 5.74) is 1.66. The van der Waals surface area contributed by atoms with Gasteiger partial charge in [0.1, 0.15) is 12.4 Å². The monoisotopic (exact) mass is 415 g/mol. The molecule has 0 saturated carbocycles. The smallest absolute Gasteiger partial charge is 0.337 e. The summed E-state index contributed by atoms with van der Waals surface area (Å²) in [4.78, 5) is 23.6. The van der Waals surface area contributed by atoms with Crippen molar-refractivity contribution in [3.8, 4) is 17.2 Å². The fraction of sp³-hybridized carbons (Fsp3) is 0.391. The van der Waals surface area contributed by atoms with Crippen molar-refractivity contribution in [3.63, 3.8) is 0 Å². The lowest BCUT2D eigenvalue weighted by molar-refractivity contribution is -0.123. The first-order valence-corrected chi connectivity index (χ1v) is 9.64. The molecule has 1 amide bonds. The Kier molecular flexibility index (Phi) is 8.09. The number of nitrogens with one attached hydrogen (secondary N) is 1. The third-order valence-corrected chi connectivity index (χ3v) is 4.36. The van der Waals surface area contributed by atoms with Gasteiger partial charge in [0.15, 0.2) is 18.1 Å². The molecule has 0 fully saturated rings. The van der Waals surface area contributed by atoms with Crippen molar-refractivity contribution < 1.29 is 28.5 Å². The van der Waals surface area contributed by atoms with E-state index in [9.17, 15) is 9.59 Å². The first kappa shape index (κ1) is 23.1. The standard InChI is InChI=1S/C23H29NO6/c1-23(2,3)17-7-9-18(10-8-17)29-13-12-24-21(25)15-30-19-11-6-16(22(26)28-5)14-20(19)27-4/h6-11,14H,12-13,15H2,1-5H3,(H,24,25). The van der Waals surface area contributed by atoms with Gasteiger partial charge in [0.2, 0.25) is 0 Å². The maximum Gasteiger partial charge on any atom is 0.337 e. The van der Waals surface area contributed by atoms with Crippen LogP contribution in [0.5, 0.6) is 17.2 Å². The molecule has 0 saturated heterocycles. The van der Waals surface area contributed by atoms with Crippen molar-refractivity contribution in [3.05, 3.63) is 53.6 Å². The lowest BCUT2D eigenvalue weighted by Gasteiger charge is -2.19. The summed E-state index contributed by atoms with van der Waals surface area (Å²) in [7, 11) is 2.75. The van der Waals surface area contributed by atoms with E-state index in [0.717, 1.165) is 5.75 Å². The predicted octanol–water partition coefficient (Wildman–Crippen LogP) is 3.35. The van der Waals surface area contributed by atoms with E-state index in [1.54, 1.807) is 12.1 Å². The fourth-order valence-electron chi connectivity index (χ4n) is 2.64. The Morgan fingerprint density at radius 1 is 0.933 bits per heavy atom. The SMILES string of the molecule is COC(=O)c1ccc(OCC(=O)NCCOc2ccc(C(C)(C)C)cc2)c(OC)c1. The summed E-state index contributed by atoms with van der Waals surface area (Å²) < 4.78 is 21.0. The topological polar surface area (TPSA) is 83.1 Å². The maximum atomic E-state index is 12.0. The zero-order valence-electron chi connectivity index (χ0n) is 18.1. The molecule has 0 heterocycles. The second-order valence-electron chi connectivity index (χ2n) is 7.62. The van der Waals surface area contributed by atoms with E-state index in [2.05, 4.69) is 30.8 Å². The number of benzene rings is 2. The molecule has 0 aliphatic heterocycles. The number of methoxy groups -OCH3 is 2. The molecule has 162 valence electrons. The average molecular weight is 415 g/mol. The van der Waals surface area contributed by atoms with Gasteiger partial charge in [0.05, 0.1) is 26.3 Å². The highest BCUT2D eigenvalue weighted by molar-refractivity contribution is 5.90. The minimum atomic E-state index is -0.481. The Morgan fingerprint density at radius 2 is 1.63 bits per heavy atom. The predicted molar refractivity (Wildman–Crippen MR) is 113 cm³/mol. The van der Waals surface area contributed by atoms with Gasteiger partial charge in [0.25, 0.3) is 5.91 Å². The van der Waals surface area contributed by atoms with E-state index in [4.69, 9.17) is 14.2 Å².